The van der Waals surface area contributed by atoms with Crippen LogP contribution >= 0.6 is 11.8 Å². The van der Waals surface area contributed by atoms with Crippen LogP contribution in [0.5, 0.6) is 5.75 Å². The minimum Gasteiger partial charge on any atom is -0.489 e. The van der Waals surface area contributed by atoms with Crippen LogP contribution in [0.2, 0.25) is 0 Å². The molecule has 0 radical (unpaired) electrons. The SMILES string of the molecule is O=C(O)CSc1n[nH]c(-c2ccc(-c3cccc(OCc4ccc(C5C=N5)cc4)c3)o2)n1. The zero-order valence-corrected chi connectivity index (χ0v) is 17.6. The molecule has 3 heterocycles. The first-order chi connectivity index (χ1) is 15.6. The molecule has 0 aliphatic carbocycles. The van der Waals surface area contributed by atoms with Crippen LogP contribution in [0.3, 0.4) is 0 Å². The zero-order chi connectivity index (χ0) is 21.9. The lowest BCUT2D eigenvalue weighted by Crippen LogP contribution is -1.97. The maximum atomic E-state index is 10.7. The van der Waals surface area contributed by atoms with Crippen LogP contribution in [0.15, 0.2) is 75.2 Å². The lowest BCUT2D eigenvalue weighted by atomic mass is 10.1. The molecule has 32 heavy (non-hydrogen) atoms. The first kappa shape index (κ1) is 20.1. The molecule has 2 aromatic heterocycles. The summed E-state index contributed by atoms with van der Waals surface area (Å²) in [6.07, 6.45) is 1.93. The third kappa shape index (κ3) is 4.73. The monoisotopic (exact) mass is 446 g/mol. The summed E-state index contributed by atoms with van der Waals surface area (Å²) >= 11 is 1.04. The van der Waals surface area contributed by atoms with E-state index in [0.29, 0.717) is 29.1 Å². The Morgan fingerprint density at radius 2 is 1.94 bits per heavy atom. The largest absolute Gasteiger partial charge is 0.489 e. The van der Waals surface area contributed by atoms with Crippen molar-refractivity contribution in [2.24, 2.45) is 4.99 Å². The van der Waals surface area contributed by atoms with Gasteiger partial charge >= 0.3 is 5.97 Å². The van der Waals surface area contributed by atoms with Crippen LogP contribution in [-0.4, -0.2) is 38.2 Å². The highest BCUT2D eigenvalue weighted by molar-refractivity contribution is 7.99. The number of H-pyrrole nitrogens is 1. The van der Waals surface area contributed by atoms with Crippen molar-refractivity contribution in [2.45, 2.75) is 17.8 Å². The quantitative estimate of drug-likeness (QED) is 0.361. The van der Waals surface area contributed by atoms with Crippen LogP contribution in [0, 0.1) is 0 Å². The van der Waals surface area contributed by atoms with E-state index in [1.54, 1.807) is 6.07 Å². The van der Waals surface area contributed by atoms with Gasteiger partial charge in [-0.3, -0.25) is 14.9 Å². The first-order valence-corrected chi connectivity index (χ1v) is 10.9. The molecule has 2 aromatic carbocycles. The minimum atomic E-state index is -0.923. The predicted molar refractivity (Wildman–Crippen MR) is 120 cm³/mol. The topological polar surface area (TPSA) is 114 Å². The van der Waals surface area contributed by atoms with E-state index in [1.807, 2.05) is 36.5 Å². The zero-order valence-electron chi connectivity index (χ0n) is 16.8. The molecule has 1 atom stereocenters. The number of nitrogens with one attached hydrogen (secondary N) is 1. The van der Waals surface area contributed by atoms with Gasteiger partial charge in [-0.1, -0.05) is 48.2 Å². The molecule has 0 spiro atoms. The number of benzene rings is 2. The van der Waals surface area contributed by atoms with Crippen LogP contribution in [-0.2, 0) is 11.4 Å². The predicted octanol–water partition coefficient (Wildman–Crippen LogP) is 4.61. The summed E-state index contributed by atoms with van der Waals surface area (Å²) in [5.41, 5.74) is 3.15. The van der Waals surface area contributed by atoms with Crippen molar-refractivity contribution in [3.8, 4) is 28.7 Å². The highest BCUT2D eigenvalue weighted by atomic mass is 32.2. The smallest absolute Gasteiger partial charge is 0.313 e. The van der Waals surface area contributed by atoms with Gasteiger partial charge in [0.25, 0.3) is 0 Å². The van der Waals surface area contributed by atoms with E-state index in [2.05, 4.69) is 44.4 Å². The first-order valence-electron chi connectivity index (χ1n) is 9.86. The third-order valence-corrected chi connectivity index (χ3v) is 5.60. The molecule has 4 aromatic rings. The molecule has 1 aliphatic rings. The van der Waals surface area contributed by atoms with Gasteiger partial charge in [-0.2, -0.15) is 4.98 Å². The Bertz CT molecular complexity index is 1270. The van der Waals surface area contributed by atoms with Crippen LogP contribution in [0.25, 0.3) is 22.9 Å². The number of rotatable bonds is 9. The molecule has 0 bridgehead atoms. The van der Waals surface area contributed by atoms with Gasteiger partial charge < -0.3 is 14.3 Å². The number of aliphatic imine (C=N–C) groups is 1. The lowest BCUT2D eigenvalue weighted by molar-refractivity contribution is -0.133. The van der Waals surface area contributed by atoms with Gasteiger partial charge in [0.05, 0.1) is 5.75 Å². The summed E-state index contributed by atoms with van der Waals surface area (Å²) in [6, 6.07) is 19.8. The lowest BCUT2D eigenvalue weighted by Gasteiger charge is -2.08. The van der Waals surface area contributed by atoms with Crippen molar-refractivity contribution in [1.82, 2.24) is 15.2 Å². The van der Waals surface area contributed by atoms with Crippen molar-refractivity contribution in [2.75, 3.05) is 5.75 Å². The van der Waals surface area contributed by atoms with E-state index in [-0.39, 0.29) is 11.8 Å². The van der Waals surface area contributed by atoms with E-state index >= 15 is 0 Å². The van der Waals surface area contributed by atoms with Crippen molar-refractivity contribution < 1.29 is 19.1 Å². The number of carbonyl (C=O) groups is 1. The second kappa shape index (κ2) is 8.72. The number of carboxylic acid groups (broad SMARTS) is 1. The minimum absolute atomic E-state index is 0.105. The van der Waals surface area contributed by atoms with Crippen molar-refractivity contribution in [3.63, 3.8) is 0 Å². The van der Waals surface area contributed by atoms with Gasteiger partial charge in [-0.05, 0) is 35.4 Å². The Morgan fingerprint density at radius 3 is 2.72 bits per heavy atom. The molecule has 8 nitrogen and oxygen atoms in total. The van der Waals surface area contributed by atoms with Crippen LogP contribution in [0.4, 0.5) is 0 Å². The second-order valence-corrected chi connectivity index (χ2v) is 8.06. The Kier molecular flexibility index (Phi) is 5.47. The summed E-state index contributed by atoms with van der Waals surface area (Å²) in [7, 11) is 0. The normalized spacial score (nSPS) is 14.4. The van der Waals surface area contributed by atoms with Gasteiger partial charge in [0.1, 0.15) is 24.2 Å². The summed E-state index contributed by atoms with van der Waals surface area (Å²) < 4.78 is 11.9. The molecule has 0 saturated heterocycles. The number of furan rings is 1. The molecular weight excluding hydrogens is 428 g/mol. The van der Waals surface area contributed by atoms with E-state index < -0.39 is 5.97 Å². The number of ether oxygens (including phenoxy) is 1. The van der Waals surface area contributed by atoms with Gasteiger partial charge in [0, 0.05) is 11.8 Å². The maximum Gasteiger partial charge on any atom is 0.313 e. The Morgan fingerprint density at radius 1 is 1.12 bits per heavy atom. The molecular formula is C23H18N4O4S. The standard InChI is InChI=1S/C23H18N4O4S/c28-21(29)13-32-23-25-22(26-27-23)20-9-8-19(31-20)16-2-1-3-17(10-16)30-12-14-4-6-15(7-5-14)18-11-24-18/h1-11,18H,12-13H2,(H,28,29)(H,25,26,27). The summed E-state index contributed by atoms with van der Waals surface area (Å²) in [5, 5.41) is 15.9. The van der Waals surface area contributed by atoms with Gasteiger partial charge in [-0.25, -0.2) is 0 Å². The molecule has 0 amide bonds. The number of hydrogen-bond donors (Lipinski definition) is 2. The molecule has 0 fully saturated rings. The third-order valence-electron chi connectivity index (χ3n) is 4.77. The van der Waals surface area contributed by atoms with E-state index in [9.17, 15) is 4.79 Å². The number of aromatic amines is 1. The molecule has 9 heteroatoms. The van der Waals surface area contributed by atoms with Gasteiger partial charge in [-0.15, -0.1) is 5.10 Å². The van der Waals surface area contributed by atoms with Crippen molar-refractivity contribution >= 4 is 23.9 Å². The molecule has 5 rings (SSSR count). The fraction of sp³-hybridized carbons (Fsp3) is 0.130. The van der Waals surface area contributed by atoms with Gasteiger partial charge in [0.15, 0.2) is 11.6 Å². The fourth-order valence-electron chi connectivity index (χ4n) is 3.10. The Balaban J connectivity index is 1.24. The highest BCUT2D eigenvalue weighted by Crippen LogP contribution is 2.30. The summed E-state index contributed by atoms with van der Waals surface area (Å²) in [5.74, 6) is 1.33. The molecule has 0 saturated carbocycles. The average molecular weight is 446 g/mol. The van der Waals surface area contributed by atoms with Gasteiger partial charge in [0.2, 0.25) is 5.16 Å². The van der Waals surface area contributed by atoms with Crippen molar-refractivity contribution in [1.29, 1.82) is 0 Å². The number of nitrogens with zero attached hydrogens (tertiary/aromatic N) is 3. The highest BCUT2D eigenvalue weighted by Gasteiger charge is 2.15. The fourth-order valence-corrected chi connectivity index (χ4v) is 3.62. The van der Waals surface area contributed by atoms with E-state index in [4.69, 9.17) is 14.3 Å². The number of aromatic nitrogens is 3. The van der Waals surface area contributed by atoms with Crippen molar-refractivity contribution in [3.05, 3.63) is 71.8 Å². The number of hydrogen-bond acceptors (Lipinski definition) is 7. The number of aliphatic carboxylic acids is 1. The Labute approximate surface area is 187 Å². The summed E-state index contributed by atoms with van der Waals surface area (Å²) in [4.78, 5) is 19.1. The summed E-state index contributed by atoms with van der Waals surface area (Å²) in [6.45, 7) is 0.466. The van der Waals surface area contributed by atoms with E-state index in [1.165, 1.54) is 5.56 Å². The number of thioether (sulfide) groups is 1. The number of carboxylic acids is 1. The average Bonchev–Trinajstić information content (AvgIpc) is 3.34. The van der Waals surface area contributed by atoms with Crippen LogP contribution in [0.1, 0.15) is 17.2 Å². The van der Waals surface area contributed by atoms with Crippen LogP contribution < -0.4 is 4.74 Å². The molecule has 1 unspecified atom stereocenters. The molecule has 2 N–H and O–H groups in total. The molecule has 160 valence electrons. The Hall–Kier alpha value is -3.85. The molecule has 1 aliphatic heterocycles. The maximum absolute atomic E-state index is 10.7. The van der Waals surface area contributed by atoms with E-state index in [0.717, 1.165) is 28.6 Å². The second-order valence-electron chi connectivity index (χ2n) is 7.11.